The quantitative estimate of drug-likeness (QED) is 0.287. The highest BCUT2D eigenvalue weighted by atomic mass is 32.2. The van der Waals surface area contributed by atoms with Gasteiger partial charge in [0.1, 0.15) is 0 Å². The second-order valence-electron chi connectivity index (χ2n) is 12.0. The summed E-state index contributed by atoms with van der Waals surface area (Å²) in [6.07, 6.45) is -11.7. The molecule has 6 rings (SSSR count). The van der Waals surface area contributed by atoms with Gasteiger partial charge in [-0.1, -0.05) is 42.5 Å². The number of rotatable bonds is 5. The van der Waals surface area contributed by atoms with Crippen LogP contribution in [-0.4, -0.2) is 72.9 Å². The van der Waals surface area contributed by atoms with Crippen molar-refractivity contribution in [2.24, 2.45) is 0 Å². The molecule has 3 aromatic rings. The number of hydrogen-bond donors (Lipinski definition) is 2. The molecule has 2 N–H and O–H groups in total. The van der Waals surface area contributed by atoms with Crippen LogP contribution < -0.4 is 4.90 Å². The number of Topliss-reactive ketones (excluding diaryl/α,β-unsaturated/α-hetero) is 1. The highest BCUT2D eigenvalue weighted by Gasteiger charge is 2.73. The number of ketones is 1. The number of carbonyl (C=O) groups excluding carboxylic acids is 1. The van der Waals surface area contributed by atoms with Gasteiger partial charge in [0.2, 0.25) is 0 Å². The van der Waals surface area contributed by atoms with Gasteiger partial charge < -0.3 is 15.1 Å². The molecule has 0 radical (unpaired) electrons. The van der Waals surface area contributed by atoms with Gasteiger partial charge in [-0.25, -0.2) is 17.5 Å². The molecule has 0 fully saturated rings. The number of aryl methyl sites for hydroxylation is 2. The van der Waals surface area contributed by atoms with Gasteiger partial charge in [0.15, 0.2) is 5.78 Å². The Hall–Kier alpha value is -4.63. The first-order valence-electron chi connectivity index (χ1n) is 15.1. The summed E-state index contributed by atoms with van der Waals surface area (Å²) in [4.78, 5) is 26.9. The molecular weight excluding hydrogens is 678 g/mol. The molecule has 3 aliphatic rings. The Bertz CT molecular complexity index is 2020. The zero-order valence-electron chi connectivity index (χ0n) is 25.7. The smallest absolute Gasteiger partial charge is 0.430 e. The maximum absolute atomic E-state index is 14.3. The molecular formula is C34H28F6N2O6S. The minimum atomic E-state index is -6.39. The van der Waals surface area contributed by atoms with E-state index in [2.05, 4.69) is 4.90 Å². The van der Waals surface area contributed by atoms with Gasteiger partial charge in [0.05, 0.1) is 10.5 Å². The van der Waals surface area contributed by atoms with Crippen LogP contribution in [0.2, 0.25) is 0 Å². The molecule has 0 aromatic heterocycles. The lowest BCUT2D eigenvalue weighted by Gasteiger charge is -2.38. The van der Waals surface area contributed by atoms with E-state index >= 15 is 0 Å². The van der Waals surface area contributed by atoms with Crippen LogP contribution in [0.25, 0.3) is 11.1 Å². The molecule has 1 aliphatic carbocycles. The fraction of sp³-hybridized carbons (Fsp3) is 0.294. The number of amides is 1. The number of carbonyl (C=O) groups is 2. The zero-order valence-corrected chi connectivity index (χ0v) is 26.5. The second-order valence-corrected chi connectivity index (χ2v) is 14.0. The van der Waals surface area contributed by atoms with Crippen molar-refractivity contribution in [3.8, 4) is 0 Å². The van der Waals surface area contributed by atoms with Gasteiger partial charge in [-0.15, -0.1) is 0 Å². The number of carboxylic acid groups (broad SMARTS) is 1. The maximum Gasteiger partial charge on any atom is 0.430 e. The molecule has 0 saturated heterocycles. The summed E-state index contributed by atoms with van der Waals surface area (Å²) in [7, 11) is -4.10. The lowest BCUT2D eigenvalue weighted by molar-refractivity contribution is -0.350. The van der Waals surface area contributed by atoms with Gasteiger partial charge in [0.25, 0.3) is 15.6 Å². The van der Waals surface area contributed by atoms with Crippen LogP contribution in [0.15, 0.2) is 77.2 Å². The number of alkyl halides is 6. The van der Waals surface area contributed by atoms with E-state index in [0.717, 1.165) is 61.9 Å². The van der Waals surface area contributed by atoms with Crippen LogP contribution in [0.3, 0.4) is 0 Å². The second kappa shape index (κ2) is 11.8. The number of sulfonamides is 1. The highest BCUT2D eigenvalue weighted by Crippen LogP contribution is 2.52. The molecule has 2 heterocycles. The number of hydrogen-bond acceptors (Lipinski definition) is 6. The third-order valence-electron chi connectivity index (χ3n) is 9.16. The van der Waals surface area contributed by atoms with Crippen molar-refractivity contribution < 1.29 is 54.6 Å². The average molecular weight is 707 g/mol. The van der Waals surface area contributed by atoms with Gasteiger partial charge >= 0.3 is 18.4 Å². The van der Waals surface area contributed by atoms with Crippen molar-refractivity contribution in [2.75, 3.05) is 25.0 Å². The lowest BCUT2D eigenvalue weighted by atomic mass is 9.75. The Morgan fingerprint density at radius 3 is 1.94 bits per heavy atom. The summed E-state index contributed by atoms with van der Waals surface area (Å²) in [5.41, 5.74) is -6.34. The Balaban J connectivity index is 1.80. The van der Waals surface area contributed by atoms with E-state index in [0.29, 0.717) is 18.9 Å². The van der Waals surface area contributed by atoms with Crippen molar-refractivity contribution in [3.63, 3.8) is 0 Å². The summed E-state index contributed by atoms with van der Waals surface area (Å²) in [5.74, 6) is -1.72. The predicted molar refractivity (Wildman–Crippen MR) is 167 cm³/mol. The number of aliphatic hydroxyl groups is 1. The van der Waals surface area contributed by atoms with Gasteiger partial charge in [-0.2, -0.15) is 26.3 Å². The van der Waals surface area contributed by atoms with Crippen LogP contribution in [0.5, 0.6) is 0 Å². The van der Waals surface area contributed by atoms with Gasteiger partial charge in [-0.05, 0) is 83.4 Å². The van der Waals surface area contributed by atoms with Crippen molar-refractivity contribution in [2.45, 2.75) is 48.5 Å². The molecule has 8 nitrogen and oxygen atoms in total. The lowest BCUT2D eigenvalue weighted by Crippen LogP contribution is -2.59. The molecule has 15 heteroatoms. The van der Waals surface area contributed by atoms with E-state index in [1.54, 1.807) is 12.1 Å². The van der Waals surface area contributed by atoms with Crippen molar-refractivity contribution >= 4 is 38.7 Å². The van der Waals surface area contributed by atoms with E-state index in [9.17, 15) is 54.6 Å². The predicted octanol–water partition coefficient (Wildman–Crippen LogP) is 6.62. The Morgan fingerprint density at radius 1 is 0.857 bits per heavy atom. The van der Waals surface area contributed by atoms with Crippen LogP contribution in [0.4, 0.5) is 36.8 Å². The SMILES string of the molecule is CN(C(=O)O)S(=O)(=O)c1ccccc1/C(=C1/C=C(C(O)(C(F)(F)F)C(F)(F)F)C(=O)c2ccccc21)c1cc2c3c(c1)CCCN3CCC2. The molecule has 3 aromatic carbocycles. The molecule has 49 heavy (non-hydrogen) atoms. The molecule has 0 saturated carbocycles. The number of benzene rings is 3. The highest BCUT2D eigenvalue weighted by molar-refractivity contribution is 7.89. The first-order chi connectivity index (χ1) is 22.9. The summed E-state index contributed by atoms with van der Waals surface area (Å²) in [6, 6.07) is 13.3. The number of anilines is 1. The fourth-order valence-electron chi connectivity index (χ4n) is 6.84. The summed E-state index contributed by atoms with van der Waals surface area (Å²) >= 11 is 0. The van der Waals surface area contributed by atoms with E-state index in [-0.39, 0.29) is 26.6 Å². The van der Waals surface area contributed by atoms with E-state index in [1.807, 2.05) is 0 Å². The monoisotopic (exact) mass is 706 g/mol. The molecule has 2 aliphatic heterocycles. The zero-order chi connectivity index (χ0) is 35.7. The summed E-state index contributed by atoms with van der Waals surface area (Å²) in [5, 5.41) is 20.1. The number of nitrogens with zero attached hydrogens (tertiary/aromatic N) is 2. The van der Waals surface area contributed by atoms with E-state index < -0.39 is 61.5 Å². The van der Waals surface area contributed by atoms with E-state index in [4.69, 9.17) is 0 Å². The van der Waals surface area contributed by atoms with Gasteiger partial charge in [0, 0.05) is 37.0 Å². The van der Waals surface area contributed by atoms with Crippen LogP contribution in [0.1, 0.15) is 51.0 Å². The topological polar surface area (TPSA) is 115 Å². The first kappa shape index (κ1) is 34.2. The van der Waals surface area contributed by atoms with Crippen molar-refractivity contribution in [1.29, 1.82) is 0 Å². The Labute approximate surface area is 276 Å². The third kappa shape index (κ3) is 5.39. The first-order valence-corrected chi connectivity index (χ1v) is 16.5. The minimum Gasteiger partial charge on any atom is -0.464 e. The minimum absolute atomic E-state index is 0.0360. The molecule has 0 spiro atoms. The third-order valence-corrected chi connectivity index (χ3v) is 10.9. The molecule has 0 bridgehead atoms. The number of allylic oxidation sites excluding steroid dienone is 2. The largest absolute Gasteiger partial charge is 0.464 e. The standard InChI is InChI=1S/C34H28F6N2O6S/c1-41(31(44)45)49(47,48)27-13-5-4-12-24(27)28(21-16-19-8-6-14-42-15-7-9-20(17-21)29(19)42)25-18-26(30(43)23-11-3-2-10-22(23)25)32(46,33(35,36)37)34(38,39)40/h2-5,10-13,16-18,46H,6-9,14-15H2,1H3,(H,44,45)/b28-25-. The average Bonchev–Trinajstić information content (AvgIpc) is 3.04. The Morgan fingerprint density at radius 2 is 1.39 bits per heavy atom. The van der Waals surface area contributed by atoms with E-state index in [1.165, 1.54) is 36.4 Å². The maximum atomic E-state index is 14.3. The molecule has 0 atom stereocenters. The molecule has 1 amide bonds. The molecule has 258 valence electrons. The van der Waals surface area contributed by atoms with Gasteiger partial charge in [-0.3, -0.25) is 4.79 Å². The summed E-state index contributed by atoms with van der Waals surface area (Å²) < 4.78 is 113. The fourth-order valence-corrected chi connectivity index (χ4v) is 8.04. The van der Waals surface area contributed by atoms with Crippen molar-refractivity contribution in [3.05, 3.63) is 106 Å². The van der Waals surface area contributed by atoms with Crippen LogP contribution in [-0.2, 0) is 22.9 Å². The Kier molecular flexibility index (Phi) is 8.22. The summed E-state index contributed by atoms with van der Waals surface area (Å²) in [6.45, 7) is 1.57. The molecule has 0 unspecified atom stereocenters. The number of fused-ring (bicyclic) bond motifs is 1. The van der Waals surface area contributed by atoms with Crippen molar-refractivity contribution in [1.82, 2.24) is 4.31 Å². The normalized spacial score (nSPS) is 17.6. The number of halogens is 6. The van der Waals surface area contributed by atoms with Crippen LogP contribution >= 0.6 is 0 Å². The van der Waals surface area contributed by atoms with Crippen LogP contribution in [0, 0.1) is 0 Å².